The maximum Gasteiger partial charge on any atom is 0.191 e. The molecule has 154 valence electrons. The van der Waals surface area contributed by atoms with E-state index < -0.39 is 0 Å². The second-order valence-electron chi connectivity index (χ2n) is 6.55. The van der Waals surface area contributed by atoms with Gasteiger partial charge in [-0.15, -0.1) is 10.2 Å². The SMILES string of the molecule is CCNC(=NCc1ccc(N(CC)CC)c(F)c1)NCc1nnc2ccccn12. The minimum atomic E-state index is -0.214. The van der Waals surface area contributed by atoms with Gasteiger partial charge in [-0.25, -0.2) is 9.38 Å². The van der Waals surface area contributed by atoms with Crippen LogP contribution >= 0.6 is 0 Å². The van der Waals surface area contributed by atoms with Gasteiger partial charge in [-0.05, 0) is 50.6 Å². The Morgan fingerprint density at radius 1 is 1.10 bits per heavy atom. The minimum absolute atomic E-state index is 0.214. The first-order chi connectivity index (χ1) is 14.2. The normalized spacial score (nSPS) is 11.7. The summed E-state index contributed by atoms with van der Waals surface area (Å²) in [5.41, 5.74) is 2.25. The molecule has 29 heavy (non-hydrogen) atoms. The molecule has 8 heteroatoms. The molecule has 0 saturated heterocycles. The van der Waals surface area contributed by atoms with Crippen LogP contribution in [-0.4, -0.2) is 40.2 Å². The highest BCUT2D eigenvalue weighted by molar-refractivity contribution is 5.79. The summed E-state index contributed by atoms with van der Waals surface area (Å²) in [4.78, 5) is 6.57. The molecule has 0 saturated carbocycles. The highest BCUT2D eigenvalue weighted by Gasteiger charge is 2.09. The zero-order chi connectivity index (χ0) is 20.6. The van der Waals surface area contributed by atoms with E-state index in [4.69, 9.17) is 0 Å². The van der Waals surface area contributed by atoms with Crippen molar-refractivity contribution in [3.05, 3.63) is 59.8 Å². The lowest BCUT2D eigenvalue weighted by atomic mass is 10.2. The molecule has 0 fully saturated rings. The van der Waals surface area contributed by atoms with Gasteiger partial charge in [0.25, 0.3) is 0 Å². The number of aliphatic imine (C=N–C) groups is 1. The Bertz CT molecular complexity index is 963. The number of anilines is 1. The van der Waals surface area contributed by atoms with Crippen LogP contribution in [0.2, 0.25) is 0 Å². The summed E-state index contributed by atoms with van der Waals surface area (Å²) in [6.45, 7) is 9.18. The van der Waals surface area contributed by atoms with E-state index >= 15 is 0 Å². The van der Waals surface area contributed by atoms with E-state index in [0.29, 0.717) is 24.7 Å². The predicted molar refractivity (Wildman–Crippen MR) is 115 cm³/mol. The van der Waals surface area contributed by atoms with Crippen LogP contribution < -0.4 is 15.5 Å². The Morgan fingerprint density at radius 2 is 1.93 bits per heavy atom. The number of pyridine rings is 1. The molecule has 0 amide bonds. The van der Waals surface area contributed by atoms with Crippen molar-refractivity contribution < 1.29 is 4.39 Å². The van der Waals surface area contributed by atoms with Crippen molar-refractivity contribution in [2.45, 2.75) is 33.9 Å². The Kier molecular flexibility index (Phi) is 6.99. The zero-order valence-electron chi connectivity index (χ0n) is 17.2. The van der Waals surface area contributed by atoms with Crippen LogP contribution in [0, 0.1) is 5.82 Å². The van der Waals surface area contributed by atoms with E-state index in [2.05, 4.69) is 25.8 Å². The number of halogens is 1. The number of hydrogen-bond donors (Lipinski definition) is 2. The van der Waals surface area contributed by atoms with Crippen molar-refractivity contribution in [1.82, 2.24) is 25.2 Å². The van der Waals surface area contributed by atoms with Crippen LogP contribution in [-0.2, 0) is 13.1 Å². The number of nitrogens with one attached hydrogen (secondary N) is 2. The fourth-order valence-corrected chi connectivity index (χ4v) is 3.16. The lowest BCUT2D eigenvalue weighted by Gasteiger charge is -2.21. The molecule has 0 aliphatic carbocycles. The Labute approximate surface area is 170 Å². The summed E-state index contributed by atoms with van der Waals surface area (Å²) in [7, 11) is 0. The Morgan fingerprint density at radius 3 is 2.66 bits per heavy atom. The summed E-state index contributed by atoms with van der Waals surface area (Å²) in [5.74, 6) is 1.23. The average Bonchev–Trinajstić information content (AvgIpc) is 3.15. The van der Waals surface area contributed by atoms with Crippen LogP contribution in [0.3, 0.4) is 0 Å². The summed E-state index contributed by atoms with van der Waals surface area (Å²) < 4.78 is 16.4. The first-order valence-electron chi connectivity index (χ1n) is 10.00. The molecule has 0 bridgehead atoms. The molecule has 0 unspecified atom stereocenters. The van der Waals surface area contributed by atoms with Crippen molar-refractivity contribution >= 4 is 17.3 Å². The van der Waals surface area contributed by atoms with E-state index in [-0.39, 0.29) is 5.82 Å². The third kappa shape index (κ3) is 5.01. The molecule has 3 rings (SSSR count). The van der Waals surface area contributed by atoms with Crippen LogP contribution in [0.15, 0.2) is 47.6 Å². The zero-order valence-corrected chi connectivity index (χ0v) is 17.2. The molecular weight excluding hydrogens is 369 g/mol. The van der Waals surface area contributed by atoms with Gasteiger partial charge in [-0.1, -0.05) is 12.1 Å². The van der Waals surface area contributed by atoms with Gasteiger partial charge >= 0.3 is 0 Å². The predicted octanol–water partition coefficient (Wildman–Crippen LogP) is 2.97. The van der Waals surface area contributed by atoms with E-state index in [0.717, 1.165) is 36.7 Å². The van der Waals surface area contributed by atoms with E-state index in [9.17, 15) is 4.39 Å². The minimum Gasteiger partial charge on any atom is -0.370 e. The van der Waals surface area contributed by atoms with E-state index in [1.807, 2.05) is 66.6 Å². The van der Waals surface area contributed by atoms with Crippen LogP contribution in [0.1, 0.15) is 32.2 Å². The Balaban J connectivity index is 1.68. The highest BCUT2D eigenvalue weighted by Crippen LogP contribution is 2.20. The molecule has 0 radical (unpaired) electrons. The molecule has 1 aromatic carbocycles. The van der Waals surface area contributed by atoms with Gasteiger partial charge < -0.3 is 15.5 Å². The van der Waals surface area contributed by atoms with Crippen molar-refractivity contribution in [3.8, 4) is 0 Å². The summed E-state index contributed by atoms with van der Waals surface area (Å²) >= 11 is 0. The quantitative estimate of drug-likeness (QED) is 0.452. The lowest BCUT2D eigenvalue weighted by molar-refractivity contribution is 0.617. The van der Waals surface area contributed by atoms with Crippen molar-refractivity contribution in [3.63, 3.8) is 0 Å². The fraction of sp³-hybridized carbons (Fsp3) is 0.381. The number of fused-ring (bicyclic) bond motifs is 1. The summed E-state index contributed by atoms with van der Waals surface area (Å²) in [6.07, 6.45) is 1.93. The maximum absolute atomic E-state index is 14.5. The summed E-state index contributed by atoms with van der Waals surface area (Å²) in [5, 5.41) is 14.8. The molecule has 0 aliphatic heterocycles. The van der Waals surface area contributed by atoms with Gasteiger partial charge in [-0.2, -0.15) is 0 Å². The fourth-order valence-electron chi connectivity index (χ4n) is 3.16. The first kappa shape index (κ1) is 20.6. The largest absolute Gasteiger partial charge is 0.370 e. The number of hydrogen-bond acceptors (Lipinski definition) is 4. The first-order valence-corrected chi connectivity index (χ1v) is 10.00. The molecule has 0 spiro atoms. The smallest absolute Gasteiger partial charge is 0.191 e. The second-order valence-corrected chi connectivity index (χ2v) is 6.55. The second kappa shape index (κ2) is 9.86. The van der Waals surface area contributed by atoms with Gasteiger partial charge in [-0.3, -0.25) is 4.40 Å². The molecule has 7 nitrogen and oxygen atoms in total. The lowest BCUT2D eigenvalue weighted by Crippen LogP contribution is -2.37. The molecular formula is C21H28FN7. The third-order valence-electron chi connectivity index (χ3n) is 4.68. The van der Waals surface area contributed by atoms with Crippen molar-refractivity contribution in [1.29, 1.82) is 0 Å². The van der Waals surface area contributed by atoms with Crippen LogP contribution in [0.25, 0.3) is 5.65 Å². The molecule has 2 N–H and O–H groups in total. The number of benzene rings is 1. The number of rotatable bonds is 8. The van der Waals surface area contributed by atoms with E-state index in [1.165, 1.54) is 0 Å². The Hall–Kier alpha value is -3.16. The topological polar surface area (TPSA) is 69.8 Å². The van der Waals surface area contributed by atoms with Crippen LogP contribution in [0.5, 0.6) is 0 Å². The molecule has 0 atom stereocenters. The third-order valence-corrected chi connectivity index (χ3v) is 4.68. The number of nitrogens with zero attached hydrogens (tertiary/aromatic N) is 5. The highest BCUT2D eigenvalue weighted by atomic mass is 19.1. The van der Waals surface area contributed by atoms with Crippen molar-refractivity contribution in [2.75, 3.05) is 24.5 Å². The van der Waals surface area contributed by atoms with Gasteiger partial charge in [0.15, 0.2) is 17.4 Å². The van der Waals surface area contributed by atoms with Gasteiger partial charge in [0.1, 0.15) is 5.82 Å². The average molecular weight is 398 g/mol. The van der Waals surface area contributed by atoms with Gasteiger partial charge in [0.2, 0.25) is 0 Å². The molecule has 2 heterocycles. The monoisotopic (exact) mass is 397 g/mol. The summed E-state index contributed by atoms with van der Waals surface area (Å²) in [6, 6.07) is 11.1. The van der Waals surface area contributed by atoms with Gasteiger partial charge in [0, 0.05) is 25.8 Å². The molecule has 2 aromatic heterocycles. The molecule has 0 aliphatic rings. The standard InChI is InChI=1S/C21H28FN7/c1-4-23-21(25-15-20-27-26-19-9-7-8-12-29(19)20)24-14-16-10-11-18(17(22)13-16)28(5-2)6-3/h7-13H,4-6,14-15H2,1-3H3,(H2,23,24,25). The van der Waals surface area contributed by atoms with E-state index in [1.54, 1.807) is 6.07 Å². The van der Waals surface area contributed by atoms with Crippen molar-refractivity contribution in [2.24, 2.45) is 4.99 Å². The maximum atomic E-state index is 14.5. The van der Waals surface area contributed by atoms with Crippen LogP contribution in [0.4, 0.5) is 10.1 Å². The number of aromatic nitrogens is 3. The number of guanidine groups is 1. The van der Waals surface area contributed by atoms with Gasteiger partial charge in [0.05, 0.1) is 18.8 Å². The molecule has 3 aromatic rings.